The van der Waals surface area contributed by atoms with Gasteiger partial charge in [-0.05, 0) is 41.8 Å². The molecule has 2 N–H and O–H groups in total. The molecule has 1 aromatic heterocycles. The van der Waals surface area contributed by atoms with Crippen molar-refractivity contribution in [3.05, 3.63) is 80.7 Å². The van der Waals surface area contributed by atoms with E-state index in [2.05, 4.69) is 27.4 Å². The van der Waals surface area contributed by atoms with Crippen LogP contribution in [-0.2, 0) is 17.6 Å². The van der Waals surface area contributed by atoms with Gasteiger partial charge >= 0.3 is 0 Å². The first-order valence-electron chi connectivity index (χ1n) is 8.75. The number of benzene rings is 2. The van der Waals surface area contributed by atoms with Crippen LogP contribution in [0.3, 0.4) is 0 Å². The lowest BCUT2D eigenvalue weighted by Crippen LogP contribution is -2.19. The lowest BCUT2D eigenvalue weighted by atomic mass is 10.1. The third-order valence-electron chi connectivity index (χ3n) is 4.01. The standard InChI is InChI=1S/C20H19ClN4O2S/c1-2-13-5-9-16(10-6-13)22-18(26)12-28-20-23-19(27)17(24-25-20)11-14-3-7-15(21)8-4-14/h3-10H,2,11-12H2,1H3,(H,22,26)(H,23,25,27). The number of halogens is 1. The SMILES string of the molecule is CCc1ccc(NC(=O)CSc2nnc(Cc3ccc(Cl)cc3)c(=O)[nH]2)cc1. The highest BCUT2D eigenvalue weighted by atomic mass is 35.5. The van der Waals surface area contributed by atoms with E-state index in [1.54, 1.807) is 12.1 Å². The second-order valence-corrected chi connectivity index (χ2v) is 7.50. The van der Waals surface area contributed by atoms with Crippen molar-refractivity contribution in [3.63, 3.8) is 0 Å². The van der Waals surface area contributed by atoms with Crippen LogP contribution >= 0.6 is 23.4 Å². The molecule has 0 aliphatic heterocycles. The van der Waals surface area contributed by atoms with Crippen molar-refractivity contribution < 1.29 is 4.79 Å². The van der Waals surface area contributed by atoms with Gasteiger partial charge in [-0.25, -0.2) is 0 Å². The van der Waals surface area contributed by atoms with Gasteiger partial charge in [-0.3, -0.25) is 14.6 Å². The van der Waals surface area contributed by atoms with Crippen LogP contribution in [0.4, 0.5) is 5.69 Å². The van der Waals surface area contributed by atoms with E-state index in [-0.39, 0.29) is 17.2 Å². The van der Waals surface area contributed by atoms with Gasteiger partial charge < -0.3 is 5.32 Å². The van der Waals surface area contributed by atoms with E-state index in [4.69, 9.17) is 11.6 Å². The Bertz CT molecular complexity index is 1000. The van der Waals surface area contributed by atoms with Gasteiger partial charge in [-0.2, -0.15) is 0 Å². The molecule has 0 saturated heterocycles. The smallest absolute Gasteiger partial charge is 0.273 e. The number of carbonyl (C=O) groups is 1. The molecule has 0 unspecified atom stereocenters. The second kappa shape index (κ2) is 9.52. The molecule has 0 bridgehead atoms. The molecular formula is C20H19ClN4O2S. The summed E-state index contributed by atoms with van der Waals surface area (Å²) < 4.78 is 0. The Labute approximate surface area is 171 Å². The van der Waals surface area contributed by atoms with Crippen molar-refractivity contribution >= 4 is 35.0 Å². The van der Waals surface area contributed by atoms with Crippen LogP contribution in [0.5, 0.6) is 0 Å². The van der Waals surface area contributed by atoms with Gasteiger partial charge in [0.1, 0.15) is 5.69 Å². The van der Waals surface area contributed by atoms with Crippen LogP contribution in [0.15, 0.2) is 58.5 Å². The van der Waals surface area contributed by atoms with Gasteiger partial charge in [-0.15, -0.1) is 10.2 Å². The average molecular weight is 415 g/mol. The molecule has 0 saturated carbocycles. The number of hydrogen-bond acceptors (Lipinski definition) is 5. The van der Waals surface area contributed by atoms with E-state index < -0.39 is 0 Å². The van der Waals surface area contributed by atoms with Gasteiger partial charge in [0.05, 0.1) is 5.75 Å². The molecule has 144 valence electrons. The van der Waals surface area contributed by atoms with Gasteiger partial charge in [0.25, 0.3) is 5.56 Å². The van der Waals surface area contributed by atoms with Gasteiger partial charge in [0.2, 0.25) is 5.91 Å². The highest BCUT2D eigenvalue weighted by Crippen LogP contribution is 2.14. The van der Waals surface area contributed by atoms with Crippen LogP contribution in [0.1, 0.15) is 23.7 Å². The first kappa shape index (κ1) is 20.1. The summed E-state index contributed by atoms with van der Waals surface area (Å²) in [7, 11) is 0. The molecule has 0 atom stereocenters. The maximum Gasteiger partial charge on any atom is 0.273 e. The minimum Gasteiger partial charge on any atom is -0.325 e. The maximum absolute atomic E-state index is 12.2. The summed E-state index contributed by atoms with van der Waals surface area (Å²) >= 11 is 6.99. The fraction of sp³-hybridized carbons (Fsp3) is 0.200. The van der Waals surface area contributed by atoms with Gasteiger partial charge in [-0.1, -0.05) is 54.6 Å². The van der Waals surface area contributed by atoms with E-state index in [1.807, 2.05) is 36.4 Å². The summed E-state index contributed by atoms with van der Waals surface area (Å²) in [5, 5.41) is 11.8. The van der Waals surface area contributed by atoms with Crippen LogP contribution < -0.4 is 10.9 Å². The fourth-order valence-corrected chi connectivity index (χ4v) is 3.21. The molecule has 0 aliphatic rings. The Kier molecular flexibility index (Phi) is 6.84. The minimum absolute atomic E-state index is 0.122. The first-order chi connectivity index (χ1) is 13.5. The quantitative estimate of drug-likeness (QED) is 0.575. The Hall–Kier alpha value is -2.64. The lowest BCUT2D eigenvalue weighted by Gasteiger charge is -2.06. The molecule has 1 amide bonds. The topological polar surface area (TPSA) is 87.7 Å². The molecule has 0 radical (unpaired) electrons. The number of H-pyrrole nitrogens is 1. The van der Waals surface area contributed by atoms with Gasteiger partial charge in [0, 0.05) is 17.1 Å². The molecule has 3 rings (SSSR count). The predicted molar refractivity (Wildman–Crippen MR) is 112 cm³/mol. The maximum atomic E-state index is 12.2. The summed E-state index contributed by atoms with van der Waals surface area (Å²) in [6.07, 6.45) is 1.31. The summed E-state index contributed by atoms with van der Waals surface area (Å²) in [6, 6.07) is 14.9. The number of nitrogens with one attached hydrogen (secondary N) is 2. The molecule has 0 aliphatic carbocycles. The molecular weight excluding hydrogens is 396 g/mol. The molecule has 8 heteroatoms. The molecule has 3 aromatic rings. The highest BCUT2D eigenvalue weighted by Gasteiger charge is 2.09. The minimum atomic E-state index is -0.317. The van der Waals surface area contributed by atoms with Crippen molar-refractivity contribution in [2.75, 3.05) is 11.1 Å². The van der Waals surface area contributed by atoms with Gasteiger partial charge in [0.15, 0.2) is 5.16 Å². The Morgan fingerprint density at radius 1 is 1.07 bits per heavy atom. The molecule has 0 fully saturated rings. The number of nitrogens with zero attached hydrogens (tertiary/aromatic N) is 2. The van der Waals surface area contributed by atoms with Crippen molar-refractivity contribution in [1.82, 2.24) is 15.2 Å². The Morgan fingerprint density at radius 3 is 2.39 bits per heavy atom. The molecule has 2 aromatic carbocycles. The van der Waals surface area contributed by atoms with E-state index in [9.17, 15) is 9.59 Å². The number of carbonyl (C=O) groups excluding carboxylic acids is 1. The Morgan fingerprint density at radius 2 is 1.75 bits per heavy atom. The predicted octanol–water partition coefficient (Wildman–Crippen LogP) is 3.70. The average Bonchev–Trinajstić information content (AvgIpc) is 2.70. The largest absolute Gasteiger partial charge is 0.325 e. The second-order valence-electron chi connectivity index (χ2n) is 6.10. The number of amides is 1. The zero-order valence-electron chi connectivity index (χ0n) is 15.2. The molecule has 1 heterocycles. The van der Waals surface area contributed by atoms with Crippen molar-refractivity contribution in [3.8, 4) is 0 Å². The van der Waals surface area contributed by atoms with Crippen LogP contribution in [0.2, 0.25) is 5.02 Å². The highest BCUT2D eigenvalue weighted by molar-refractivity contribution is 7.99. The fourth-order valence-electron chi connectivity index (χ4n) is 2.48. The molecule has 0 spiro atoms. The van der Waals surface area contributed by atoms with Crippen LogP contribution in [-0.4, -0.2) is 26.8 Å². The van der Waals surface area contributed by atoms with Crippen LogP contribution in [0.25, 0.3) is 0 Å². The summed E-state index contributed by atoms with van der Waals surface area (Å²) in [6.45, 7) is 2.08. The van der Waals surface area contributed by atoms with E-state index >= 15 is 0 Å². The summed E-state index contributed by atoms with van der Waals surface area (Å²) in [5.74, 6) is -0.0569. The molecule has 6 nitrogen and oxygen atoms in total. The van der Waals surface area contributed by atoms with Crippen LogP contribution in [0, 0.1) is 0 Å². The lowest BCUT2D eigenvalue weighted by molar-refractivity contribution is -0.113. The number of aromatic amines is 1. The number of rotatable bonds is 7. The summed E-state index contributed by atoms with van der Waals surface area (Å²) in [5.41, 5.74) is 2.85. The number of aromatic nitrogens is 3. The zero-order valence-corrected chi connectivity index (χ0v) is 16.8. The third kappa shape index (κ3) is 5.68. The summed E-state index contributed by atoms with van der Waals surface area (Å²) in [4.78, 5) is 27.0. The van der Waals surface area contributed by atoms with E-state index in [0.29, 0.717) is 22.3 Å². The number of hydrogen-bond donors (Lipinski definition) is 2. The van der Waals surface area contributed by atoms with E-state index in [0.717, 1.165) is 29.4 Å². The van der Waals surface area contributed by atoms with E-state index in [1.165, 1.54) is 5.56 Å². The monoisotopic (exact) mass is 414 g/mol. The molecule has 28 heavy (non-hydrogen) atoms. The first-order valence-corrected chi connectivity index (χ1v) is 10.1. The van der Waals surface area contributed by atoms with Crippen molar-refractivity contribution in [2.24, 2.45) is 0 Å². The van der Waals surface area contributed by atoms with Crippen molar-refractivity contribution in [2.45, 2.75) is 24.9 Å². The van der Waals surface area contributed by atoms with Crippen molar-refractivity contribution in [1.29, 1.82) is 0 Å². The number of anilines is 1. The number of aryl methyl sites for hydroxylation is 1. The number of thioether (sulfide) groups is 1. The normalized spacial score (nSPS) is 10.6. The zero-order chi connectivity index (χ0) is 19.9. The third-order valence-corrected chi connectivity index (χ3v) is 5.13. The Balaban J connectivity index is 1.55.